The van der Waals surface area contributed by atoms with E-state index in [1.807, 2.05) is 12.3 Å². The van der Waals surface area contributed by atoms with Crippen LogP contribution in [0.5, 0.6) is 0 Å². The molecule has 0 aliphatic carbocycles. The van der Waals surface area contributed by atoms with Crippen LogP contribution in [0.4, 0.5) is 10.9 Å². The number of hydrogen-bond acceptors (Lipinski definition) is 5. The normalized spacial score (nSPS) is 19.4. The monoisotopic (exact) mass is 260 g/mol. The van der Waals surface area contributed by atoms with Crippen LogP contribution in [0.25, 0.3) is 0 Å². The molecule has 0 radical (unpaired) electrons. The molecule has 0 spiro atoms. The zero-order chi connectivity index (χ0) is 12.5. The predicted octanol–water partition coefficient (Wildman–Crippen LogP) is 2.77. The number of rotatable bonds is 2. The minimum atomic E-state index is 0.327. The molecule has 4 nitrogen and oxygen atoms in total. The number of thiazole rings is 1. The van der Waals surface area contributed by atoms with Crippen molar-refractivity contribution in [2.24, 2.45) is 0 Å². The molecule has 2 N–H and O–H groups in total. The number of nitrogens with zero attached hydrogens (tertiary/aromatic N) is 3. The lowest BCUT2D eigenvalue weighted by Crippen LogP contribution is -2.23. The molecule has 1 unspecified atom stereocenters. The summed E-state index contributed by atoms with van der Waals surface area (Å²) in [4.78, 5) is 11.2. The summed E-state index contributed by atoms with van der Waals surface area (Å²) in [5, 5.41) is 2.71. The van der Waals surface area contributed by atoms with Crippen molar-refractivity contribution in [1.29, 1.82) is 0 Å². The van der Waals surface area contributed by atoms with Crippen LogP contribution in [-0.4, -0.2) is 16.5 Å². The molecule has 2 aromatic heterocycles. The summed E-state index contributed by atoms with van der Waals surface area (Å²) in [5.74, 6) is 1.05. The molecule has 0 saturated carbocycles. The Labute approximate surface area is 110 Å². The molecular weight excluding hydrogens is 244 g/mol. The van der Waals surface area contributed by atoms with Crippen molar-refractivity contribution in [3.05, 3.63) is 35.0 Å². The molecule has 1 aliphatic heterocycles. The lowest BCUT2D eigenvalue weighted by atomic mass is 10.1. The molecule has 1 aliphatic rings. The quantitative estimate of drug-likeness (QED) is 0.902. The molecule has 1 atom stereocenters. The summed E-state index contributed by atoms with van der Waals surface area (Å²) in [7, 11) is 0. The Morgan fingerprint density at radius 2 is 2.39 bits per heavy atom. The van der Waals surface area contributed by atoms with E-state index in [0.717, 1.165) is 24.5 Å². The van der Waals surface area contributed by atoms with E-state index in [9.17, 15) is 0 Å². The Kier molecular flexibility index (Phi) is 2.91. The Morgan fingerprint density at radius 3 is 3.11 bits per heavy atom. The van der Waals surface area contributed by atoms with E-state index in [2.05, 4.69) is 33.2 Å². The summed E-state index contributed by atoms with van der Waals surface area (Å²) in [5.41, 5.74) is 8.05. The van der Waals surface area contributed by atoms with Crippen molar-refractivity contribution in [3.63, 3.8) is 0 Å². The van der Waals surface area contributed by atoms with Gasteiger partial charge in [0.15, 0.2) is 5.13 Å². The van der Waals surface area contributed by atoms with Gasteiger partial charge in [0.1, 0.15) is 5.82 Å². The second kappa shape index (κ2) is 4.57. The standard InChI is InChI=1S/C13H16N4S/c1-9-4-5-15-12(7-9)17-6-2-3-11(17)10-8-18-13(14)16-10/h4-5,7-8,11H,2-3,6H2,1H3,(H2,14,16). The number of aromatic nitrogens is 2. The van der Waals surface area contributed by atoms with E-state index >= 15 is 0 Å². The first-order valence-electron chi connectivity index (χ1n) is 6.14. The van der Waals surface area contributed by atoms with E-state index < -0.39 is 0 Å². The highest BCUT2D eigenvalue weighted by atomic mass is 32.1. The Bertz CT molecular complexity index is 551. The third kappa shape index (κ3) is 2.06. The average molecular weight is 260 g/mol. The van der Waals surface area contributed by atoms with Crippen molar-refractivity contribution in [2.45, 2.75) is 25.8 Å². The van der Waals surface area contributed by atoms with Crippen molar-refractivity contribution >= 4 is 22.3 Å². The van der Waals surface area contributed by atoms with Crippen LogP contribution < -0.4 is 10.6 Å². The first-order valence-corrected chi connectivity index (χ1v) is 7.02. The smallest absolute Gasteiger partial charge is 0.180 e. The fourth-order valence-corrected chi connectivity index (χ4v) is 3.09. The van der Waals surface area contributed by atoms with Crippen LogP contribution in [0.15, 0.2) is 23.7 Å². The molecule has 1 saturated heterocycles. The van der Waals surface area contributed by atoms with Gasteiger partial charge in [-0.1, -0.05) is 0 Å². The highest BCUT2D eigenvalue weighted by Gasteiger charge is 2.28. The maximum Gasteiger partial charge on any atom is 0.180 e. The summed E-state index contributed by atoms with van der Waals surface area (Å²) < 4.78 is 0. The van der Waals surface area contributed by atoms with E-state index in [0.29, 0.717) is 11.2 Å². The summed E-state index contributed by atoms with van der Waals surface area (Å²) in [6.45, 7) is 3.13. The Hall–Kier alpha value is -1.62. The van der Waals surface area contributed by atoms with Crippen LogP contribution >= 0.6 is 11.3 Å². The first-order chi connectivity index (χ1) is 8.74. The zero-order valence-electron chi connectivity index (χ0n) is 10.3. The van der Waals surface area contributed by atoms with Gasteiger partial charge in [-0.3, -0.25) is 0 Å². The third-order valence-electron chi connectivity index (χ3n) is 3.33. The zero-order valence-corrected chi connectivity index (χ0v) is 11.2. The minimum Gasteiger partial charge on any atom is -0.375 e. The molecule has 3 heterocycles. The van der Waals surface area contributed by atoms with E-state index in [1.54, 1.807) is 0 Å². The molecule has 0 amide bonds. The van der Waals surface area contributed by atoms with Gasteiger partial charge in [-0.25, -0.2) is 9.97 Å². The highest BCUT2D eigenvalue weighted by Crippen LogP contribution is 2.35. The minimum absolute atomic E-state index is 0.327. The van der Waals surface area contributed by atoms with Gasteiger partial charge in [-0.2, -0.15) is 0 Å². The van der Waals surface area contributed by atoms with Gasteiger partial charge in [0.25, 0.3) is 0 Å². The van der Waals surface area contributed by atoms with Crippen LogP contribution in [0.3, 0.4) is 0 Å². The lowest BCUT2D eigenvalue weighted by molar-refractivity contribution is 0.693. The van der Waals surface area contributed by atoms with E-state index in [-0.39, 0.29) is 0 Å². The summed E-state index contributed by atoms with van der Waals surface area (Å²) in [6.07, 6.45) is 4.17. The Morgan fingerprint density at radius 1 is 1.50 bits per heavy atom. The molecule has 94 valence electrons. The van der Waals surface area contributed by atoms with Gasteiger partial charge in [0.05, 0.1) is 11.7 Å². The number of pyridine rings is 1. The number of anilines is 2. The topological polar surface area (TPSA) is 55.0 Å². The van der Waals surface area contributed by atoms with Crippen LogP contribution in [0.1, 0.15) is 30.1 Å². The van der Waals surface area contributed by atoms with Crippen molar-refractivity contribution in [1.82, 2.24) is 9.97 Å². The van der Waals surface area contributed by atoms with Gasteiger partial charge < -0.3 is 10.6 Å². The predicted molar refractivity (Wildman–Crippen MR) is 74.8 cm³/mol. The lowest BCUT2D eigenvalue weighted by Gasteiger charge is -2.24. The fraction of sp³-hybridized carbons (Fsp3) is 0.385. The molecule has 5 heteroatoms. The van der Waals surface area contributed by atoms with Crippen molar-refractivity contribution in [2.75, 3.05) is 17.2 Å². The maximum atomic E-state index is 5.73. The molecule has 18 heavy (non-hydrogen) atoms. The van der Waals surface area contributed by atoms with Crippen molar-refractivity contribution < 1.29 is 0 Å². The summed E-state index contributed by atoms with van der Waals surface area (Å²) >= 11 is 1.51. The maximum absolute atomic E-state index is 5.73. The molecule has 1 fully saturated rings. The largest absolute Gasteiger partial charge is 0.375 e. The van der Waals surface area contributed by atoms with Gasteiger partial charge in [-0.05, 0) is 37.5 Å². The SMILES string of the molecule is Cc1ccnc(N2CCCC2c2csc(N)n2)c1. The molecule has 2 aromatic rings. The number of aryl methyl sites for hydroxylation is 1. The summed E-state index contributed by atoms with van der Waals surface area (Å²) in [6, 6.07) is 4.48. The molecule has 0 aromatic carbocycles. The van der Waals surface area contributed by atoms with Gasteiger partial charge in [0.2, 0.25) is 0 Å². The molecular formula is C13H16N4S. The van der Waals surface area contributed by atoms with Gasteiger partial charge in [-0.15, -0.1) is 11.3 Å². The van der Waals surface area contributed by atoms with Gasteiger partial charge in [0, 0.05) is 18.1 Å². The van der Waals surface area contributed by atoms with Crippen LogP contribution in [-0.2, 0) is 0 Å². The van der Waals surface area contributed by atoms with Gasteiger partial charge >= 0.3 is 0 Å². The molecule has 3 rings (SSSR count). The fourth-order valence-electron chi connectivity index (χ4n) is 2.48. The van der Waals surface area contributed by atoms with E-state index in [4.69, 9.17) is 5.73 Å². The number of hydrogen-bond donors (Lipinski definition) is 1. The second-order valence-electron chi connectivity index (χ2n) is 4.65. The van der Waals surface area contributed by atoms with Crippen molar-refractivity contribution in [3.8, 4) is 0 Å². The number of nitrogens with two attached hydrogens (primary N) is 1. The van der Waals surface area contributed by atoms with Crippen LogP contribution in [0, 0.1) is 6.92 Å². The highest BCUT2D eigenvalue weighted by molar-refractivity contribution is 7.13. The molecule has 0 bridgehead atoms. The number of nitrogen functional groups attached to an aromatic ring is 1. The van der Waals surface area contributed by atoms with Crippen LogP contribution in [0.2, 0.25) is 0 Å². The second-order valence-corrected chi connectivity index (χ2v) is 5.54. The third-order valence-corrected chi connectivity index (χ3v) is 4.02. The average Bonchev–Trinajstić information content (AvgIpc) is 2.96. The Balaban J connectivity index is 1.92. The first kappa shape index (κ1) is 11.5. The van der Waals surface area contributed by atoms with E-state index in [1.165, 1.54) is 23.3 Å².